The molecule has 200 valence electrons. The highest BCUT2D eigenvalue weighted by molar-refractivity contribution is 5.82. The maximum Gasteiger partial charge on any atom is 0.339 e. The highest BCUT2D eigenvalue weighted by Gasteiger charge is 2.90. The second-order valence-corrected chi connectivity index (χ2v) is 13.0. The molecule has 2 saturated carbocycles. The van der Waals surface area contributed by atoms with Crippen molar-refractivity contribution < 1.29 is 42.5 Å². The fourth-order valence-corrected chi connectivity index (χ4v) is 9.97. The minimum Gasteiger partial charge on any atom is -0.472 e. The van der Waals surface area contributed by atoms with Gasteiger partial charge in [0.2, 0.25) is 0 Å². The van der Waals surface area contributed by atoms with Crippen LogP contribution < -0.4 is 0 Å². The lowest BCUT2D eigenvalue weighted by atomic mass is 9.36. The molecule has 2 spiro atoms. The summed E-state index contributed by atoms with van der Waals surface area (Å²) in [6.07, 6.45) is 3.28. The molecule has 5 heterocycles. The van der Waals surface area contributed by atoms with E-state index < -0.39 is 51.7 Å². The number of cyclic esters (lactones) is 2. The van der Waals surface area contributed by atoms with Crippen LogP contribution in [-0.4, -0.2) is 54.0 Å². The first-order valence-electron chi connectivity index (χ1n) is 13.3. The molecule has 0 radical (unpaired) electrons. The van der Waals surface area contributed by atoms with Crippen LogP contribution in [0.2, 0.25) is 0 Å². The second kappa shape index (κ2) is 6.97. The number of esters is 3. The third-order valence-corrected chi connectivity index (χ3v) is 11.3. The molecule has 37 heavy (non-hydrogen) atoms. The van der Waals surface area contributed by atoms with Crippen LogP contribution in [0.1, 0.15) is 72.0 Å². The number of epoxide rings is 1. The first kappa shape index (κ1) is 23.7. The van der Waals surface area contributed by atoms with Crippen molar-refractivity contribution in [3.63, 3.8) is 0 Å². The number of rotatable bonds is 2. The molecule has 1 aromatic rings. The molecule has 0 N–H and O–H groups in total. The van der Waals surface area contributed by atoms with E-state index in [2.05, 4.69) is 27.7 Å². The van der Waals surface area contributed by atoms with Crippen LogP contribution in [0.5, 0.6) is 0 Å². The van der Waals surface area contributed by atoms with Crippen LogP contribution >= 0.6 is 0 Å². The average Bonchev–Trinajstić information content (AvgIpc) is 3.30. The third-order valence-electron chi connectivity index (χ3n) is 11.3. The number of hydrogen-bond donors (Lipinski definition) is 0. The van der Waals surface area contributed by atoms with Gasteiger partial charge in [0.25, 0.3) is 0 Å². The minimum absolute atomic E-state index is 0.00121. The molecule has 0 unspecified atom stereocenters. The molecular formula is C28H34O9. The first-order chi connectivity index (χ1) is 17.4. The molecule has 0 aromatic carbocycles. The fraction of sp³-hybridized carbons (Fsp3) is 0.750. The molecule has 0 amide bonds. The Kier molecular flexibility index (Phi) is 4.47. The second-order valence-electron chi connectivity index (χ2n) is 13.0. The van der Waals surface area contributed by atoms with E-state index in [-0.39, 0.29) is 42.9 Å². The van der Waals surface area contributed by atoms with Crippen molar-refractivity contribution in [2.75, 3.05) is 6.61 Å². The van der Waals surface area contributed by atoms with Gasteiger partial charge >= 0.3 is 17.9 Å². The minimum atomic E-state index is -0.918. The first-order valence-corrected chi connectivity index (χ1v) is 13.3. The van der Waals surface area contributed by atoms with Gasteiger partial charge in [-0.05, 0) is 45.1 Å². The quantitative estimate of drug-likeness (QED) is 0.332. The van der Waals surface area contributed by atoms with Crippen LogP contribution in [0.15, 0.2) is 23.0 Å². The van der Waals surface area contributed by atoms with Gasteiger partial charge in [-0.25, -0.2) is 4.79 Å². The lowest BCUT2D eigenvalue weighted by molar-refractivity contribution is -0.265. The van der Waals surface area contributed by atoms with Gasteiger partial charge in [0, 0.05) is 34.7 Å². The lowest BCUT2D eigenvalue weighted by Gasteiger charge is -2.67. The highest BCUT2D eigenvalue weighted by Crippen LogP contribution is 2.80. The van der Waals surface area contributed by atoms with Gasteiger partial charge in [-0.15, -0.1) is 0 Å². The van der Waals surface area contributed by atoms with E-state index in [1.54, 1.807) is 12.5 Å². The van der Waals surface area contributed by atoms with Gasteiger partial charge < -0.3 is 28.1 Å². The molecule has 9 heteroatoms. The summed E-state index contributed by atoms with van der Waals surface area (Å²) in [4.78, 5) is 38.3. The zero-order valence-electron chi connectivity index (χ0n) is 21.9. The van der Waals surface area contributed by atoms with Gasteiger partial charge in [0.1, 0.15) is 24.4 Å². The van der Waals surface area contributed by atoms with Crippen molar-refractivity contribution in [3.05, 3.63) is 24.2 Å². The normalized spacial score (nSPS) is 50.8. The molecule has 2 aliphatic carbocycles. The summed E-state index contributed by atoms with van der Waals surface area (Å²) in [7, 11) is 0. The van der Waals surface area contributed by atoms with Crippen LogP contribution in [-0.2, 0) is 38.1 Å². The molecule has 6 aliphatic rings. The number of fused-ring (bicyclic) bond motifs is 1. The number of carbonyl (C=O) groups is 3. The largest absolute Gasteiger partial charge is 0.472 e. The van der Waals surface area contributed by atoms with Crippen molar-refractivity contribution in [1.82, 2.24) is 0 Å². The summed E-state index contributed by atoms with van der Waals surface area (Å²) in [6.45, 7) is 10.1. The summed E-state index contributed by atoms with van der Waals surface area (Å²) in [5, 5.41) is 0. The van der Waals surface area contributed by atoms with Crippen LogP contribution in [0, 0.1) is 28.1 Å². The van der Waals surface area contributed by atoms with E-state index in [0.717, 1.165) is 18.4 Å². The van der Waals surface area contributed by atoms with Crippen molar-refractivity contribution in [2.24, 2.45) is 28.1 Å². The summed E-state index contributed by atoms with van der Waals surface area (Å²) >= 11 is 0. The Morgan fingerprint density at radius 2 is 1.86 bits per heavy atom. The predicted molar refractivity (Wildman–Crippen MR) is 125 cm³/mol. The van der Waals surface area contributed by atoms with E-state index in [9.17, 15) is 14.4 Å². The Labute approximate surface area is 215 Å². The monoisotopic (exact) mass is 514 g/mol. The Bertz CT molecular complexity index is 1190. The number of furan rings is 1. The summed E-state index contributed by atoms with van der Waals surface area (Å²) in [5.41, 5.74) is -2.47. The van der Waals surface area contributed by atoms with Crippen LogP contribution in [0.3, 0.4) is 0 Å². The number of ether oxygens (including phenoxy) is 5. The van der Waals surface area contributed by atoms with Gasteiger partial charge in [0.05, 0.1) is 30.7 Å². The summed E-state index contributed by atoms with van der Waals surface area (Å²) in [6, 6.07) is 1.83. The van der Waals surface area contributed by atoms with Crippen LogP contribution in [0.4, 0.5) is 0 Å². The van der Waals surface area contributed by atoms with Gasteiger partial charge in [-0.2, -0.15) is 0 Å². The molecule has 7 rings (SSSR count). The molecule has 6 fully saturated rings. The number of carbonyl (C=O) groups excluding carboxylic acids is 3. The molecule has 10 atom stereocenters. The zero-order valence-corrected chi connectivity index (χ0v) is 21.9. The maximum absolute atomic E-state index is 13.4. The summed E-state index contributed by atoms with van der Waals surface area (Å²) < 4.78 is 36.5. The molecule has 4 saturated heterocycles. The molecule has 1 aromatic heterocycles. The SMILES string of the molecule is CC(=O)O[C@@H]1C[C@H]2C(C)(C)O[C@H]3CC(=O)OC[C@]32[C@H]2CC[C@@]3(C)[C@@H](c4ccoc4)OC(=O)[C@H]4O[C@]43[C@@]21C. The molecule has 4 aliphatic heterocycles. The zero-order chi connectivity index (χ0) is 26.2. The van der Waals surface area contributed by atoms with Gasteiger partial charge in [-0.1, -0.05) is 13.8 Å². The van der Waals surface area contributed by atoms with Gasteiger partial charge in [0.15, 0.2) is 6.10 Å². The van der Waals surface area contributed by atoms with E-state index in [1.807, 2.05) is 6.07 Å². The average molecular weight is 515 g/mol. The van der Waals surface area contributed by atoms with Gasteiger partial charge in [-0.3, -0.25) is 9.59 Å². The Balaban J connectivity index is 1.43. The van der Waals surface area contributed by atoms with Crippen molar-refractivity contribution in [3.8, 4) is 0 Å². The fourth-order valence-electron chi connectivity index (χ4n) is 9.97. The van der Waals surface area contributed by atoms with E-state index in [4.69, 9.17) is 28.1 Å². The predicted octanol–water partition coefficient (Wildman–Crippen LogP) is 3.50. The van der Waals surface area contributed by atoms with Crippen molar-refractivity contribution in [2.45, 2.75) is 95.9 Å². The Hall–Kier alpha value is -2.39. The maximum atomic E-state index is 13.4. The molecule has 9 nitrogen and oxygen atoms in total. The number of hydrogen-bond acceptors (Lipinski definition) is 9. The van der Waals surface area contributed by atoms with E-state index in [1.165, 1.54) is 6.92 Å². The molecule has 0 bridgehead atoms. The highest BCUT2D eigenvalue weighted by atomic mass is 16.7. The Morgan fingerprint density at radius 1 is 1.08 bits per heavy atom. The lowest BCUT2D eigenvalue weighted by Crippen LogP contribution is -2.74. The smallest absolute Gasteiger partial charge is 0.339 e. The third kappa shape index (κ3) is 2.56. The summed E-state index contributed by atoms with van der Waals surface area (Å²) in [5.74, 6) is -1.09. The molecular weight excluding hydrogens is 480 g/mol. The van der Waals surface area contributed by atoms with Crippen molar-refractivity contribution >= 4 is 17.9 Å². The van der Waals surface area contributed by atoms with Crippen molar-refractivity contribution in [1.29, 1.82) is 0 Å². The van der Waals surface area contributed by atoms with E-state index >= 15 is 0 Å². The standard InChI is InChI=1S/C28H34O9/c1-14(29)34-18-10-17-24(2,3)36-19-11-20(30)33-13-27(17,19)16-6-8-25(4)21(15-7-9-32-12-15)35-23(31)22-28(25,37-22)26(16,18)5/h7,9,12,16-19,21-22H,6,8,10-11,13H2,1-5H3/t16-,17-,18+,19-,21+,22+,25-,26-,27+,28+/m0/s1. The van der Waals surface area contributed by atoms with E-state index in [0.29, 0.717) is 6.42 Å². The topological polar surface area (TPSA) is 114 Å². The van der Waals surface area contributed by atoms with Crippen LogP contribution in [0.25, 0.3) is 0 Å². The Morgan fingerprint density at radius 3 is 2.57 bits per heavy atom.